The molecule has 0 aliphatic carbocycles. The Labute approximate surface area is 61.6 Å². The van der Waals surface area contributed by atoms with Crippen LogP contribution in [-0.4, -0.2) is 11.1 Å². The molecule has 0 aromatic heterocycles. The van der Waals surface area contributed by atoms with E-state index in [0.29, 0.717) is 17.9 Å². The molecule has 2 heteroatoms. The molecule has 1 unspecified atom stereocenters. The molecular weight excluding hydrogens is 128 g/mol. The van der Waals surface area contributed by atoms with Gasteiger partial charge >= 0.3 is 5.97 Å². The van der Waals surface area contributed by atoms with Crippen molar-refractivity contribution in [3.63, 3.8) is 0 Å². The van der Waals surface area contributed by atoms with Crippen LogP contribution in [0.15, 0.2) is 12.2 Å². The lowest BCUT2D eigenvalue weighted by Gasteiger charge is -2.06. The van der Waals surface area contributed by atoms with E-state index in [1.807, 2.05) is 13.8 Å². The smallest absolute Gasteiger partial charge is 0.330 e. The van der Waals surface area contributed by atoms with Crippen molar-refractivity contribution < 1.29 is 9.90 Å². The molecule has 0 heterocycles. The molecule has 0 spiro atoms. The van der Waals surface area contributed by atoms with Crippen molar-refractivity contribution in [2.75, 3.05) is 0 Å². The van der Waals surface area contributed by atoms with Crippen molar-refractivity contribution in [3.05, 3.63) is 12.2 Å². The fourth-order valence-electron chi connectivity index (χ4n) is 0.652. The number of rotatable bonds is 4. The van der Waals surface area contributed by atoms with Crippen LogP contribution in [0.1, 0.15) is 26.7 Å². The highest BCUT2D eigenvalue weighted by Gasteiger charge is 2.07. The van der Waals surface area contributed by atoms with Crippen LogP contribution < -0.4 is 0 Å². The Bertz CT molecular complexity index is 138. The summed E-state index contributed by atoms with van der Waals surface area (Å²) >= 11 is 0. The summed E-state index contributed by atoms with van der Waals surface area (Å²) in [6, 6.07) is 0. The molecule has 0 amide bonds. The number of hydrogen-bond donors (Lipinski definition) is 1. The van der Waals surface area contributed by atoms with E-state index in [4.69, 9.17) is 5.11 Å². The van der Waals surface area contributed by atoms with Crippen LogP contribution in [0.3, 0.4) is 0 Å². The number of carbonyl (C=O) groups is 1. The molecule has 2 nitrogen and oxygen atoms in total. The van der Waals surface area contributed by atoms with Crippen molar-refractivity contribution in [1.82, 2.24) is 0 Å². The van der Waals surface area contributed by atoms with Crippen LogP contribution in [0.2, 0.25) is 0 Å². The summed E-state index contributed by atoms with van der Waals surface area (Å²) in [5.74, 6) is -0.441. The predicted octanol–water partition coefficient (Wildman–Crippen LogP) is 2.06. The van der Waals surface area contributed by atoms with Crippen LogP contribution in [-0.2, 0) is 4.79 Å². The van der Waals surface area contributed by atoms with E-state index in [-0.39, 0.29) is 0 Å². The summed E-state index contributed by atoms with van der Waals surface area (Å²) in [5.41, 5.74) is 0.314. The van der Waals surface area contributed by atoms with Gasteiger partial charge in [-0.25, -0.2) is 4.79 Å². The minimum Gasteiger partial charge on any atom is -0.478 e. The first kappa shape index (κ1) is 9.21. The third-order valence-corrected chi connectivity index (χ3v) is 1.59. The second-order valence-corrected chi connectivity index (χ2v) is 2.63. The van der Waals surface area contributed by atoms with Crippen LogP contribution in [0.25, 0.3) is 0 Å². The van der Waals surface area contributed by atoms with Gasteiger partial charge in [0.2, 0.25) is 0 Å². The van der Waals surface area contributed by atoms with Crippen LogP contribution in [0.5, 0.6) is 0 Å². The zero-order valence-corrected chi connectivity index (χ0v) is 6.55. The summed E-state index contributed by atoms with van der Waals surface area (Å²) in [4.78, 5) is 10.3. The number of carboxylic acid groups (broad SMARTS) is 1. The van der Waals surface area contributed by atoms with E-state index in [0.717, 1.165) is 6.42 Å². The fourth-order valence-corrected chi connectivity index (χ4v) is 0.652. The largest absolute Gasteiger partial charge is 0.478 e. The standard InChI is InChI=1S/C8H14O2/c1-4-6(2)5-7(3)8(9)10/h6H,3-5H2,1-2H3,(H,9,10). The van der Waals surface area contributed by atoms with Gasteiger partial charge in [0.1, 0.15) is 0 Å². The van der Waals surface area contributed by atoms with Crippen molar-refractivity contribution in [2.24, 2.45) is 5.92 Å². The highest BCUT2D eigenvalue weighted by molar-refractivity contribution is 5.85. The quantitative estimate of drug-likeness (QED) is 0.610. The Morgan fingerprint density at radius 3 is 2.50 bits per heavy atom. The molecule has 0 radical (unpaired) electrons. The Morgan fingerprint density at radius 2 is 2.20 bits per heavy atom. The molecule has 0 saturated carbocycles. The highest BCUT2D eigenvalue weighted by Crippen LogP contribution is 2.12. The molecule has 0 aromatic rings. The van der Waals surface area contributed by atoms with Crippen LogP contribution >= 0.6 is 0 Å². The van der Waals surface area contributed by atoms with Crippen LogP contribution in [0.4, 0.5) is 0 Å². The zero-order chi connectivity index (χ0) is 8.15. The first-order valence-corrected chi connectivity index (χ1v) is 3.49. The third kappa shape index (κ3) is 3.28. The van der Waals surface area contributed by atoms with Gasteiger partial charge in [0.15, 0.2) is 0 Å². The van der Waals surface area contributed by atoms with Crippen molar-refractivity contribution >= 4 is 5.97 Å². The maximum absolute atomic E-state index is 10.3. The lowest BCUT2D eigenvalue weighted by Crippen LogP contribution is -2.03. The van der Waals surface area contributed by atoms with E-state index in [1.54, 1.807) is 0 Å². The van der Waals surface area contributed by atoms with Crippen molar-refractivity contribution in [3.8, 4) is 0 Å². The van der Waals surface area contributed by atoms with E-state index in [9.17, 15) is 4.79 Å². The number of hydrogen-bond acceptors (Lipinski definition) is 1. The van der Waals surface area contributed by atoms with E-state index in [1.165, 1.54) is 0 Å². The zero-order valence-electron chi connectivity index (χ0n) is 6.55. The fraction of sp³-hybridized carbons (Fsp3) is 0.625. The minimum atomic E-state index is -0.875. The first-order valence-electron chi connectivity index (χ1n) is 3.49. The Kier molecular flexibility index (Phi) is 3.77. The van der Waals surface area contributed by atoms with Gasteiger partial charge in [-0.2, -0.15) is 0 Å². The maximum Gasteiger partial charge on any atom is 0.330 e. The molecule has 0 aromatic carbocycles. The molecular formula is C8H14O2. The van der Waals surface area contributed by atoms with Gasteiger partial charge in [0, 0.05) is 5.57 Å². The van der Waals surface area contributed by atoms with Gasteiger partial charge < -0.3 is 5.11 Å². The molecule has 0 rings (SSSR count). The first-order chi connectivity index (χ1) is 4.57. The van der Waals surface area contributed by atoms with E-state index >= 15 is 0 Å². The van der Waals surface area contributed by atoms with Crippen LogP contribution in [0, 0.1) is 5.92 Å². The Hall–Kier alpha value is -0.790. The van der Waals surface area contributed by atoms with Gasteiger partial charge in [-0.05, 0) is 12.3 Å². The molecule has 10 heavy (non-hydrogen) atoms. The number of carboxylic acids is 1. The second-order valence-electron chi connectivity index (χ2n) is 2.63. The molecule has 1 atom stereocenters. The number of aliphatic carboxylic acids is 1. The highest BCUT2D eigenvalue weighted by atomic mass is 16.4. The van der Waals surface area contributed by atoms with Gasteiger partial charge in [-0.3, -0.25) is 0 Å². The average Bonchev–Trinajstić information content (AvgIpc) is 1.87. The summed E-state index contributed by atoms with van der Waals surface area (Å²) in [6.07, 6.45) is 1.61. The van der Waals surface area contributed by atoms with E-state index < -0.39 is 5.97 Å². The lowest BCUT2D eigenvalue weighted by molar-refractivity contribution is -0.132. The van der Waals surface area contributed by atoms with Gasteiger partial charge in [0.25, 0.3) is 0 Å². The van der Waals surface area contributed by atoms with Crippen molar-refractivity contribution in [1.29, 1.82) is 0 Å². The van der Waals surface area contributed by atoms with Crippen molar-refractivity contribution in [2.45, 2.75) is 26.7 Å². The minimum absolute atomic E-state index is 0.314. The molecule has 0 bridgehead atoms. The lowest BCUT2D eigenvalue weighted by atomic mass is 10.0. The topological polar surface area (TPSA) is 37.3 Å². The molecule has 0 aliphatic heterocycles. The Morgan fingerprint density at radius 1 is 1.70 bits per heavy atom. The van der Waals surface area contributed by atoms with Gasteiger partial charge in [-0.1, -0.05) is 26.8 Å². The summed E-state index contributed by atoms with van der Waals surface area (Å²) < 4.78 is 0. The molecule has 0 aliphatic rings. The second kappa shape index (κ2) is 4.09. The molecule has 1 N–H and O–H groups in total. The summed E-state index contributed by atoms with van der Waals surface area (Å²) in [5, 5.41) is 8.43. The molecule has 0 fully saturated rings. The van der Waals surface area contributed by atoms with Gasteiger partial charge in [-0.15, -0.1) is 0 Å². The third-order valence-electron chi connectivity index (χ3n) is 1.59. The predicted molar refractivity (Wildman–Crippen MR) is 40.8 cm³/mol. The molecule has 0 saturated heterocycles. The summed E-state index contributed by atoms with van der Waals surface area (Å²) in [7, 11) is 0. The van der Waals surface area contributed by atoms with E-state index in [2.05, 4.69) is 6.58 Å². The maximum atomic E-state index is 10.3. The summed E-state index contributed by atoms with van der Waals surface area (Å²) in [6.45, 7) is 7.51. The molecule has 58 valence electrons. The SMILES string of the molecule is C=C(CC(C)CC)C(=O)O. The average molecular weight is 142 g/mol. The van der Waals surface area contributed by atoms with Gasteiger partial charge in [0.05, 0.1) is 0 Å². The normalized spacial score (nSPS) is 12.6. The Balaban J connectivity index is 3.68. The monoisotopic (exact) mass is 142 g/mol.